The number of nitrogens with zero attached hydrogens (tertiary/aromatic N) is 2. The zero-order chi connectivity index (χ0) is 18.1. The van der Waals surface area contributed by atoms with Crippen molar-refractivity contribution in [3.8, 4) is 17.2 Å². The molecule has 4 nitrogen and oxygen atoms in total. The van der Waals surface area contributed by atoms with Crippen LogP contribution < -0.4 is 0 Å². The van der Waals surface area contributed by atoms with Gasteiger partial charge >= 0.3 is 5.97 Å². The fraction of sp³-hybridized carbons (Fsp3) is 0.190. The van der Waals surface area contributed by atoms with Gasteiger partial charge in [-0.2, -0.15) is 5.26 Å². The van der Waals surface area contributed by atoms with Gasteiger partial charge in [-0.15, -0.1) is 11.8 Å². The SMILES string of the molecule is N#Cc1ccc(-c2cnccc2SC2(C(=O)O)CCC2)c2ccccc12. The van der Waals surface area contributed by atoms with Crippen LogP contribution in [-0.2, 0) is 4.79 Å². The van der Waals surface area contributed by atoms with E-state index in [9.17, 15) is 15.2 Å². The molecular weight excluding hydrogens is 344 g/mol. The minimum absolute atomic E-state index is 0.628. The molecule has 0 amide bonds. The number of carbonyl (C=O) groups is 1. The molecule has 2 aromatic carbocycles. The molecule has 1 aliphatic rings. The number of hydrogen-bond donors (Lipinski definition) is 1. The van der Waals surface area contributed by atoms with Crippen LogP contribution in [0.25, 0.3) is 21.9 Å². The monoisotopic (exact) mass is 360 g/mol. The van der Waals surface area contributed by atoms with Crippen LogP contribution in [0.5, 0.6) is 0 Å². The molecule has 128 valence electrons. The summed E-state index contributed by atoms with van der Waals surface area (Å²) in [5.74, 6) is -0.749. The zero-order valence-corrected chi connectivity index (χ0v) is 14.8. The van der Waals surface area contributed by atoms with Gasteiger partial charge in [-0.25, -0.2) is 0 Å². The predicted octanol–water partition coefficient (Wildman–Crippen LogP) is 4.87. The Labute approximate surface area is 155 Å². The van der Waals surface area contributed by atoms with E-state index in [1.807, 2.05) is 42.5 Å². The number of benzene rings is 2. The average Bonchev–Trinajstić information content (AvgIpc) is 2.64. The van der Waals surface area contributed by atoms with Crippen LogP contribution in [0.3, 0.4) is 0 Å². The molecule has 1 heterocycles. The first-order chi connectivity index (χ1) is 12.6. The van der Waals surface area contributed by atoms with E-state index in [0.29, 0.717) is 18.4 Å². The highest BCUT2D eigenvalue weighted by molar-refractivity contribution is 8.01. The second kappa shape index (κ2) is 6.47. The molecule has 5 heteroatoms. The first kappa shape index (κ1) is 16.6. The van der Waals surface area contributed by atoms with E-state index in [1.54, 1.807) is 12.4 Å². The Kier molecular flexibility index (Phi) is 4.14. The molecule has 1 fully saturated rings. The quantitative estimate of drug-likeness (QED) is 0.718. The van der Waals surface area contributed by atoms with E-state index in [-0.39, 0.29) is 0 Å². The van der Waals surface area contributed by atoms with Crippen molar-refractivity contribution in [1.82, 2.24) is 4.98 Å². The fourth-order valence-corrected chi connectivity index (χ4v) is 4.77. The summed E-state index contributed by atoms with van der Waals surface area (Å²) in [6, 6.07) is 15.6. The van der Waals surface area contributed by atoms with Crippen LogP contribution in [0.15, 0.2) is 59.8 Å². The first-order valence-corrected chi connectivity index (χ1v) is 9.25. The molecule has 3 aromatic rings. The first-order valence-electron chi connectivity index (χ1n) is 8.43. The maximum atomic E-state index is 11.8. The maximum absolute atomic E-state index is 11.8. The number of thioether (sulfide) groups is 1. The summed E-state index contributed by atoms with van der Waals surface area (Å²) in [7, 11) is 0. The second-order valence-electron chi connectivity index (χ2n) is 6.44. The van der Waals surface area contributed by atoms with Crippen LogP contribution in [0.2, 0.25) is 0 Å². The number of fused-ring (bicyclic) bond motifs is 1. The van der Waals surface area contributed by atoms with Crippen LogP contribution in [0.1, 0.15) is 24.8 Å². The molecule has 0 aliphatic heterocycles. The lowest BCUT2D eigenvalue weighted by atomic mass is 9.84. The van der Waals surface area contributed by atoms with Crippen molar-refractivity contribution in [2.24, 2.45) is 0 Å². The molecule has 0 bridgehead atoms. The van der Waals surface area contributed by atoms with Crippen molar-refractivity contribution in [1.29, 1.82) is 5.26 Å². The normalized spacial score (nSPS) is 15.2. The molecule has 0 radical (unpaired) electrons. The summed E-state index contributed by atoms with van der Waals surface area (Å²) in [6.07, 6.45) is 5.79. The summed E-state index contributed by atoms with van der Waals surface area (Å²) in [5, 5.41) is 20.9. The van der Waals surface area contributed by atoms with Crippen molar-refractivity contribution in [3.05, 3.63) is 60.4 Å². The molecule has 0 spiro atoms. The van der Waals surface area contributed by atoms with Gasteiger partial charge in [0.15, 0.2) is 0 Å². The summed E-state index contributed by atoms with van der Waals surface area (Å²) in [5.41, 5.74) is 2.50. The summed E-state index contributed by atoms with van der Waals surface area (Å²) < 4.78 is -0.738. The summed E-state index contributed by atoms with van der Waals surface area (Å²) in [4.78, 5) is 17.0. The summed E-state index contributed by atoms with van der Waals surface area (Å²) >= 11 is 1.42. The minimum Gasteiger partial charge on any atom is -0.480 e. The number of aromatic nitrogens is 1. The Bertz CT molecular complexity index is 1050. The van der Waals surface area contributed by atoms with Gasteiger partial charge in [-0.1, -0.05) is 30.3 Å². The van der Waals surface area contributed by atoms with Crippen molar-refractivity contribution in [3.63, 3.8) is 0 Å². The van der Waals surface area contributed by atoms with Crippen molar-refractivity contribution in [2.45, 2.75) is 28.9 Å². The van der Waals surface area contributed by atoms with Crippen LogP contribution in [0.4, 0.5) is 0 Å². The third-order valence-electron chi connectivity index (χ3n) is 4.97. The van der Waals surface area contributed by atoms with Gasteiger partial charge in [0.25, 0.3) is 0 Å². The predicted molar refractivity (Wildman–Crippen MR) is 102 cm³/mol. The van der Waals surface area contributed by atoms with Crippen LogP contribution in [-0.4, -0.2) is 20.8 Å². The van der Waals surface area contributed by atoms with Gasteiger partial charge < -0.3 is 5.11 Å². The van der Waals surface area contributed by atoms with E-state index in [1.165, 1.54) is 11.8 Å². The third-order valence-corrected chi connectivity index (χ3v) is 6.52. The fourth-order valence-electron chi connectivity index (χ4n) is 3.37. The Morgan fingerprint density at radius 3 is 2.54 bits per heavy atom. The molecule has 26 heavy (non-hydrogen) atoms. The van der Waals surface area contributed by atoms with E-state index < -0.39 is 10.7 Å². The molecule has 4 rings (SSSR count). The van der Waals surface area contributed by atoms with Gasteiger partial charge in [-0.05, 0) is 42.3 Å². The lowest BCUT2D eigenvalue weighted by Crippen LogP contribution is -2.41. The van der Waals surface area contributed by atoms with E-state index in [4.69, 9.17) is 0 Å². The largest absolute Gasteiger partial charge is 0.480 e. The van der Waals surface area contributed by atoms with Gasteiger partial charge in [0, 0.05) is 28.2 Å². The van der Waals surface area contributed by atoms with Crippen molar-refractivity contribution < 1.29 is 9.90 Å². The molecule has 0 atom stereocenters. The van der Waals surface area contributed by atoms with E-state index >= 15 is 0 Å². The van der Waals surface area contributed by atoms with Gasteiger partial charge in [0.2, 0.25) is 0 Å². The number of pyridine rings is 1. The van der Waals surface area contributed by atoms with Gasteiger partial charge in [0.05, 0.1) is 11.6 Å². The highest BCUT2D eigenvalue weighted by atomic mass is 32.2. The highest BCUT2D eigenvalue weighted by Crippen LogP contribution is 2.50. The number of nitriles is 1. The topological polar surface area (TPSA) is 74.0 Å². The molecule has 1 aromatic heterocycles. The van der Waals surface area contributed by atoms with Crippen molar-refractivity contribution >= 4 is 28.5 Å². The molecule has 1 aliphatic carbocycles. The van der Waals surface area contributed by atoms with E-state index in [2.05, 4.69) is 11.1 Å². The van der Waals surface area contributed by atoms with Crippen molar-refractivity contribution in [2.75, 3.05) is 0 Å². The lowest BCUT2D eigenvalue weighted by Gasteiger charge is -2.37. The second-order valence-corrected chi connectivity index (χ2v) is 7.87. The number of carboxylic acids is 1. The molecule has 0 unspecified atom stereocenters. The van der Waals surface area contributed by atoms with Gasteiger partial charge in [-0.3, -0.25) is 9.78 Å². The summed E-state index contributed by atoms with van der Waals surface area (Å²) in [6.45, 7) is 0. The van der Waals surface area contributed by atoms with Gasteiger partial charge in [0.1, 0.15) is 4.75 Å². The van der Waals surface area contributed by atoms with Crippen LogP contribution >= 0.6 is 11.8 Å². The molecule has 0 saturated heterocycles. The minimum atomic E-state index is -0.749. The molecular formula is C21H16N2O2S. The standard InChI is InChI=1S/C21H16N2O2S/c22-12-14-6-7-17(16-5-2-1-4-15(14)16)18-13-23-11-8-19(18)26-21(20(24)25)9-3-10-21/h1-2,4-8,11,13H,3,9-10H2,(H,24,25). The van der Waals surface area contributed by atoms with E-state index in [0.717, 1.165) is 33.2 Å². The third kappa shape index (κ3) is 2.63. The highest BCUT2D eigenvalue weighted by Gasteiger charge is 2.45. The Morgan fingerprint density at radius 2 is 1.88 bits per heavy atom. The zero-order valence-electron chi connectivity index (χ0n) is 14.0. The number of rotatable bonds is 4. The lowest BCUT2D eigenvalue weighted by molar-refractivity contribution is -0.142. The molecule has 1 saturated carbocycles. The average molecular weight is 360 g/mol. The number of carboxylic acid groups (broad SMARTS) is 1. The molecule has 1 N–H and O–H groups in total. The number of hydrogen-bond acceptors (Lipinski definition) is 4. The van der Waals surface area contributed by atoms with Crippen LogP contribution in [0, 0.1) is 11.3 Å². The maximum Gasteiger partial charge on any atom is 0.320 e. The Hall–Kier alpha value is -2.84. The smallest absolute Gasteiger partial charge is 0.320 e. The Morgan fingerprint density at radius 1 is 1.12 bits per heavy atom. The Balaban J connectivity index is 1.87. The number of aliphatic carboxylic acids is 1.